The third kappa shape index (κ3) is 4.81. The summed E-state index contributed by atoms with van der Waals surface area (Å²) in [6, 6.07) is 8.69. The van der Waals surface area contributed by atoms with Gasteiger partial charge in [-0.05, 0) is 56.1 Å². The topological polar surface area (TPSA) is 44.4 Å². The van der Waals surface area contributed by atoms with Gasteiger partial charge in [0.05, 0.1) is 0 Å². The summed E-state index contributed by atoms with van der Waals surface area (Å²) >= 11 is 0. The van der Waals surface area contributed by atoms with Crippen LogP contribution in [0.2, 0.25) is 0 Å². The van der Waals surface area contributed by atoms with Gasteiger partial charge >= 0.3 is 0 Å². The standard InChI is InChI=1S/C20H31N3O/c1-16(19-13-21-14-19)20(24)22-12-17-7-6-8-18(11-17)15-23-9-4-2-3-5-10-23/h6-8,11,16,19,21H,2-5,9-10,12-15H2,1H3,(H,22,24). The van der Waals surface area contributed by atoms with E-state index >= 15 is 0 Å². The minimum atomic E-state index is 0.103. The zero-order chi connectivity index (χ0) is 16.8. The maximum atomic E-state index is 12.2. The highest BCUT2D eigenvalue weighted by Crippen LogP contribution is 2.17. The molecule has 0 aromatic heterocycles. The molecule has 1 amide bonds. The SMILES string of the molecule is CC(C(=O)NCc1cccc(CN2CCCCCC2)c1)C1CNC1. The Balaban J connectivity index is 1.50. The number of hydrogen-bond donors (Lipinski definition) is 2. The van der Waals surface area contributed by atoms with E-state index in [2.05, 4.69) is 39.8 Å². The summed E-state index contributed by atoms with van der Waals surface area (Å²) in [4.78, 5) is 14.8. The molecule has 0 saturated carbocycles. The van der Waals surface area contributed by atoms with Crippen LogP contribution in [-0.2, 0) is 17.9 Å². The van der Waals surface area contributed by atoms with Crippen LogP contribution in [0.5, 0.6) is 0 Å². The molecular formula is C20H31N3O. The summed E-state index contributed by atoms with van der Waals surface area (Å²) in [6.07, 6.45) is 5.39. The average Bonchev–Trinajstić information content (AvgIpc) is 2.80. The molecule has 4 nitrogen and oxygen atoms in total. The second-order valence-electron chi connectivity index (χ2n) is 7.44. The number of carbonyl (C=O) groups excluding carboxylic acids is 1. The smallest absolute Gasteiger partial charge is 0.223 e. The number of carbonyl (C=O) groups is 1. The molecule has 2 fully saturated rings. The molecule has 2 aliphatic rings. The van der Waals surface area contributed by atoms with Gasteiger partial charge in [0, 0.05) is 19.0 Å². The van der Waals surface area contributed by atoms with Crippen LogP contribution < -0.4 is 10.6 Å². The van der Waals surface area contributed by atoms with Gasteiger partial charge in [-0.1, -0.05) is 44.0 Å². The predicted octanol–water partition coefficient (Wildman–Crippen LogP) is 2.53. The highest BCUT2D eigenvalue weighted by Gasteiger charge is 2.28. The summed E-state index contributed by atoms with van der Waals surface area (Å²) in [5.41, 5.74) is 2.56. The molecule has 3 rings (SSSR count). The Morgan fingerprint density at radius 1 is 1.21 bits per heavy atom. The number of benzene rings is 1. The first-order valence-corrected chi connectivity index (χ1v) is 9.51. The van der Waals surface area contributed by atoms with Gasteiger partial charge in [0.15, 0.2) is 0 Å². The quantitative estimate of drug-likeness (QED) is 0.843. The highest BCUT2D eigenvalue weighted by atomic mass is 16.1. The van der Waals surface area contributed by atoms with Crippen molar-refractivity contribution < 1.29 is 4.79 Å². The van der Waals surface area contributed by atoms with Crippen LogP contribution in [0.1, 0.15) is 43.7 Å². The Bertz CT molecular complexity index is 533. The van der Waals surface area contributed by atoms with E-state index in [1.807, 2.05) is 6.92 Å². The van der Waals surface area contributed by atoms with Gasteiger partial charge < -0.3 is 10.6 Å². The molecule has 0 radical (unpaired) electrons. The number of amides is 1. The van der Waals surface area contributed by atoms with Crippen molar-refractivity contribution in [3.05, 3.63) is 35.4 Å². The second kappa shape index (κ2) is 8.63. The fraction of sp³-hybridized carbons (Fsp3) is 0.650. The molecule has 0 aliphatic carbocycles. The molecule has 4 heteroatoms. The molecule has 0 bridgehead atoms. The second-order valence-corrected chi connectivity index (χ2v) is 7.44. The van der Waals surface area contributed by atoms with Crippen LogP contribution >= 0.6 is 0 Å². The summed E-state index contributed by atoms with van der Waals surface area (Å²) in [7, 11) is 0. The van der Waals surface area contributed by atoms with Crippen LogP contribution in [-0.4, -0.2) is 37.0 Å². The molecule has 2 saturated heterocycles. The zero-order valence-electron chi connectivity index (χ0n) is 14.9. The highest BCUT2D eigenvalue weighted by molar-refractivity contribution is 5.78. The Morgan fingerprint density at radius 3 is 2.58 bits per heavy atom. The van der Waals surface area contributed by atoms with Crippen molar-refractivity contribution in [3.63, 3.8) is 0 Å². The molecule has 2 heterocycles. The van der Waals surface area contributed by atoms with Crippen LogP contribution in [0.4, 0.5) is 0 Å². The van der Waals surface area contributed by atoms with Crippen LogP contribution in [0, 0.1) is 11.8 Å². The fourth-order valence-corrected chi connectivity index (χ4v) is 3.62. The molecule has 1 aromatic carbocycles. The van der Waals surface area contributed by atoms with Crippen LogP contribution in [0.25, 0.3) is 0 Å². The van der Waals surface area contributed by atoms with E-state index in [0.717, 1.165) is 19.6 Å². The average molecular weight is 329 g/mol. The molecule has 2 aliphatic heterocycles. The lowest BCUT2D eigenvalue weighted by Gasteiger charge is -2.31. The number of rotatable bonds is 6. The molecule has 1 atom stereocenters. The van der Waals surface area contributed by atoms with E-state index in [0.29, 0.717) is 12.5 Å². The molecule has 0 spiro atoms. The van der Waals surface area contributed by atoms with Gasteiger partial charge in [0.2, 0.25) is 5.91 Å². The zero-order valence-corrected chi connectivity index (χ0v) is 14.9. The number of likely N-dealkylation sites (tertiary alicyclic amines) is 1. The first kappa shape index (κ1) is 17.4. The molecule has 132 valence electrons. The third-order valence-corrected chi connectivity index (χ3v) is 5.50. The lowest BCUT2D eigenvalue weighted by molar-refractivity contribution is -0.126. The predicted molar refractivity (Wildman–Crippen MR) is 97.6 cm³/mol. The number of nitrogens with one attached hydrogen (secondary N) is 2. The molecular weight excluding hydrogens is 298 g/mol. The molecule has 24 heavy (non-hydrogen) atoms. The van der Waals surface area contributed by atoms with E-state index in [9.17, 15) is 4.79 Å². The van der Waals surface area contributed by atoms with Crippen molar-refractivity contribution >= 4 is 5.91 Å². The Morgan fingerprint density at radius 2 is 1.92 bits per heavy atom. The van der Waals surface area contributed by atoms with Gasteiger partial charge in [0.25, 0.3) is 0 Å². The Labute approximate surface area is 146 Å². The van der Waals surface area contributed by atoms with Crippen molar-refractivity contribution in [1.29, 1.82) is 0 Å². The Hall–Kier alpha value is -1.39. The van der Waals surface area contributed by atoms with Gasteiger partial charge in [-0.2, -0.15) is 0 Å². The van der Waals surface area contributed by atoms with Gasteiger partial charge in [0.1, 0.15) is 0 Å². The molecule has 1 unspecified atom stereocenters. The number of nitrogens with zero attached hydrogens (tertiary/aromatic N) is 1. The largest absolute Gasteiger partial charge is 0.352 e. The van der Waals surface area contributed by atoms with E-state index < -0.39 is 0 Å². The van der Waals surface area contributed by atoms with Crippen LogP contribution in [0.15, 0.2) is 24.3 Å². The summed E-state index contributed by atoms with van der Waals surface area (Å²) in [5, 5.41) is 6.35. The van der Waals surface area contributed by atoms with E-state index in [1.165, 1.54) is 49.9 Å². The normalized spacial score (nSPS) is 20.9. The monoisotopic (exact) mass is 329 g/mol. The lowest BCUT2D eigenvalue weighted by atomic mass is 9.88. The first-order chi connectivity index (χ1) is 11.7. The minimum absolute atomic E-state index is 0.103. The van der Waals surface area contributed by atoms with Crippen molar-refractivity contribution in [2.45, 2.75) is 45.7 Å². The van der Waals surface area contributed by atoms with Crippen molar-refractivity contribution in [1.82, 2.24) is 15.5 Å². The van der Waals surface area contributed by atoms with E-state index in [-0.39, 0.29) is 11.8 Å². The summed E-state index contributed by atoms with van der Waals surface area (Å²) in [6.45, 7) is 8.08. The Kier molecular flexibility index (Phi) is 6.27. The fourth-order valence-electron chi connectivity index (χ4n) is 3.62. The van der Waals surface area contributed by atoms with Crippen molar-refractivity contribution in [2.75, 3.05) is 26.2 Å². The summed E-state index contributed by atoms with van der Waals surface area (Å²) < 4.78 is 0. The molecule has 1 aromatic rings. The van der Waals surface area contributed by atoms with E-state index in [1.54, 1.807) is 0 Å². The maximum Gasteiger partial charge on any atom is 0.223 e. The third-order valence-electron chi connectivity index (χ3n) is 5.50. The summed E-state index contributed by atoms with van der Waals surface area (Å²) in [5.74, 6) is 0.783. The minimum Gasteiger partial charge on any atom is -0.352 e. The van der Waals surface area contributed by atoms with E-state index in [4.69, 9.17) is 0 Å². The van der Waals surface area contributed by atoms with Crippen LogP contribution in [0.3, 0.4) is 0 Å². The first-order valence-electron chi connectivity index (χ1n) is 9.51. The molecule has 2 N–H and O–H groups in total. The maximum absolute atomic E-state index is 12.2. The van der Waals surface area contributed by atoms with Crippen molar-refractivity contribution in [3.8, 4) is 0 Å². The van der Waals surface area contributed by atoms with Crippen molar-refractivity contribution in [2.24, 2.45) is 11.8 Å². The van der Waals surface area contributed by atoms with Gasteiger partial charge in [-0.15, -0.1) is 0 Å². The lowest BCUT2D eigenvalue weighted by Crippen LogP contribution is -2.49. The number of hydrogen-bond acceptors (Lipinski definition) is 3. The van der Waals surface area contributed by atoms with Gasteiger partial charge in [-0.25, -0.2) is 0 Å². The van der Waals surface area contributed by atoms with Gasteiger partial charge in [-0.3, -0.25) is 9.69 Å².